The zero-order valence-electron chi connectivity index (χ0n) is 15.0. The molecule has 0 saturated carbocycles. The van der Waals surface area contributed by atoms with Gasteiger partial charge >= 0.3 is 5.97 Å². The van der Waals surface area contributed by atoms with Crippen LogP contribution in [0.15, 0.2) is 72.8 Å². The Morgan fingerprint density at radius 2 is 1.85 bits per heavy atom. The van der Waals surface area contributed by atoms with Crippen LogP contribution in [0.1, 0.15) is 18.6 Å². The van der Waals surface area contributed by atoms with Crippen LogP contribution in [0.2, 0.25) is 5.02 Å². The van der Waals surface area contributed by atoms with Gasteiger partial charge in [-0.05, 0) is 25.1 Å². The summed E-state index contributed by atoms with van der Waals surface area (Å²) in [4.78, 5) is 24.8. The van der Waals surface area contributed by atoms with E-state index in [4.69, 9.17) is 21.1 Å². The van der Waals surface area contributed by atoms with Crippen molar-refractivity contribution in [2.45, 2.75) is 13.0 Å². The molecule has 0 fully saturated rings. The molecule has 1 N–H and O–H groups in total. The second kappa shape index (κ2) is 10.2. The molecular weight excluding hydrogens is 366 g/mol. The molecule has 0 aromatic heterocycles. The first-order chi connectivity index (χ1) is 13.0. The second-order valence-corrected chi connectivity index (χ2v) is 5.86. The number of hydrogen-bond donors (Lipinski definition) is 1. The van der Waals surface area contributed by atoms with Crippen LogP contribution < -0.4 is 10.1 Å². The molecule has 1 atom stereocenters. The lowest BCUT2D eigenvalue weighted by Gasteiger charge is -2.17. The SMILES string of the molecule is C/C=C/C=C/C(=O)O[C@@H](C(=O)Nc1ccc(OC)c(Cl)c1)c1ccccc1. The molecule has 2 aromatic carbocycles. The maximum atomic E-state index is 12.7. The molecule has 1 amide bonds. The van der Waals surface area contributed by atoms with Gasteiger partial charge < -0.3 is 14.8 Å². The van der Waals surface area contributed by atoms with Gasteiger partial charge in [0.1, 0.15) is 5.75 Å². The molecule has 0 aliphatic heterocycles. The topological polar surface area (TPSA) is 64.6 Å². The third-order valence-electron chi connectivity index (χ3n) is 3.53. The molecule has 2 aromatic rings. The fourth-order valence-corrected chi connectivity index (χ4v) is 2.51. The van der Waals surface area contributed by atoms with Gasteiger partial charge in [-0.3, -0.25) is 4.79 Å². The molecule has 6 heteroatoms. The number of amides is 1. The number of hydrogen-bond acceptors (Lipinski definition) is 4. The van der Waals surface area contributed by atoms with Crippen molar-refractivity contribution in [1.29, 1.82) is 0 Å². The number of benzene rings is 2. The van der Waals surface area contributed by atoms with E-state index in [-0.39, 0.29) is 0 Å². The quantitative estimate of drug-likeness (QED) is 0.426. The molecule has 0 spiro atoms. The molecule has 0 aliphatic carbocycles. The minimum Gasteiger partial charge on any atom is -0.495 e. The molecule has 0 bridgehead atoms. The lowest BCUT2D eigenvalue weighted by atomic mass is 10.1. The molecule has 0 radical (unpaired) electrons. The van der Waals surface area contributed by atoms with Crippen LogP contribution in [-0.4, -0.2) is 19.0 Å². The minimum atomic E-state index is -1.10. The van der Waals surface area contributed by atoms with Crippen molar-refractivity contribution in [2.24, 2.45) is 0 Å². The van der Waals surface area contributed by atoms with Crippen molar-refractivity contribution in [3.05, 3.63) is 83.4 Å². The number of anilines is 1. The first kappa shape index (κ1) is 20.3. The molecule has 140 valence electrons. The van der Waals surface area contributed by atoms with Crippen LogP contribution >= 0.6 is 11.6 Å². The largest absolute Gasteiger partial charge is 0.495 e. The van der Waals surface area contributed by atoms with E-state index >= 15 is 0 Å². The first-order valence-electron chi connectivity index (χ1n) is 8.24. The summed E-state index contributed by atoms with van der Waals surface area (Å²) in [7, 11) is 1.51. The van der Waals surface area contributed by atoms with Gasteiger partial charge in [-0.15, -0.1) is 0 Å². The average molecular weight is 386 g/mol. The van der Waals surface area contributed by atoms with E-state index in [2.05, 4.69) is 5.32 Å². The summed E-state index contributed by atoms with van der Waals surface area (Å²) in [5.41, 5.74) is 1.02. The Labute approximate surface area is 163 Å². The summed E-state index contributed by atoms with van der Waals surface area (Å²) in [6.45, 7) is 1.83. The number of methoxy groups -OCH3 is 1. The predicted octanol–water partition coefficient (Wildman–Crippen LogP) is 4.70. The zero-order valence-corrected chi connectivity index (χ0v) is 15.8. The monoisotopic (exact) mass is 385 g/mol. The van der Waals surface area contributed by atoms with Crippen molar-refractivity contribution in [3.8, 4) is 5.75 Å². The molecular formula is C21H20ClNO4. The Kier molecular flexibility index (Phi) is 7.64. The maximum Gasteiger partial charge on any atom is 0.331 e. The number of ether oxygens (including phenoxy) is 2. The van der Waals surface area contributed by atoms with Crippen LogP contribution in [0, 0.1) is 0 Å². The van der Waals surface area contributed by atoms with E-state index in [9.17, 15) is 9.59 Å². The summed E-state index contributed by atoms with van der Waals surface area (Å²) < 4.78 is 10.5. The fourth-order valence-electron chi connectivity index (χ4n) is 2.25. The zero-order chi connectivity index (χ0) is 19.6. The highest BCUT2D eigenvalue weighted by atomic mass is 35.5. The van der Waals surface area contributed by atoms with E-state index in [0.29, 0.717) is 22.0 Å². The Bertz CT molecular complexity index is 847. The average Bonchev–Trinajstić information content (AvgIpc) is 2.67. The Morgan fingerprint density at radius 3 is 2.48 bits per heavy atom. The van der Waals surface area contributed by atoms with Crippen molar-refractivity contribution in [3.63, 3.8) is 0 Å². The number of esters is 1. The number of rotatable bonds is 7. The standard InChI is InChI=1S/C21H20ClNO4/c1-3-4-6-11-19(24)27-20(15-9-7-5-8-10-15)21(25)23-16-12-13-18(26-2)17(22)14-16/h3-14,20H,1-2H3,(H,23,25)/b4-3+,11-6+/t20-/m1/s1. The normalized spacial score (nSPS) is 12.1. The summed E-state index contributed by atoms with van der Waals surface area (Å²) in [5.74, 6) is -0.616. The number of halogens is 1. The van der Waals surface area contributed by atoms with E-state index < -0.39 is 18.0 Å². The number of carbonyl (C=O) groups is 2. The van der Waals surface area contributed by atoms with Gasteiger partial charge in [0.05, 0.1) is 12.1 Å². The highest BCUT2D eigenvalue weighted by molar-refractivity contribution is 6.32. The van der Waals surface area contributed by atoms with Crippen molar-refractivity contribution < 1.29 is 19.1 Å². The van der Waals surface area contributed by atoms with Gasteiger partial charge in [0.25, 0.3) is 5.91 Å². The minimum absolute atomic E-state index is 0.359. The summed E-state index contributed by atoms with van der Waals surface area (Å²) in [6, 6.07) is 13.6. The van der Waals surface area contributed by atoms with E-state index in [0.717, 1.165) is 0 Å². The number of carbonyl (C=O) groups excluding carboxylic acids is 2. The van der Waals surface area contributed by atoms with Gasteiger partial charge in [0.2, 0.25) is 6.10 Å². The van der Waals surface area contributed by atoms with Gasteiger partial charge in [-0.1, -0.05) is 60.2 Å². The highest BCUT2D eigenvalue weighted by Crippen LogP contribution is 2.28. The van der Waals surface area contributed by atoms with Crippen LogP contribution in [0.4, 0.5) is 5.69 Å². The molecule has 2 rings (SSSR count). The van der Waals surface area contributed by atoms with Crippen LogP contribution in [0.5, 0.6) is 5.75 Å². The lowest BCUT2D eigenvalue weighted by molar-refractivity contribution is -0.149. The third kappa shape index (κ3) is 6.01. The Balaban J connectivity index is 2.20. The lowest BCUT2D eigenvalue weighted by Crippen LogP contribution is -2.25. The van der Waals surface area contributed by atoms with E-state index in [1.165, 1.54) is 13.2 Å². The van der Waals surface area contributed by atoms with Gasteiger partial charge in [-0.25, -0.2) is 4.79 Å². The molecule has 5 nitrogen and oxygen atoms in total. The second-order valence-electron chi connectivity index (χ2n) is 5.45. The van der Waals surface area contributed by atoms with E-state index in [1.807, 2.05) is 13.0 Å². The van der Waals surface area contributed by atoms with Crippen molar-refractivity contribution in [2.75, 3.05) is 12.4 Å². The molecule has 0 aliphatic rings. The first-order valence-corrected chi connectivity index (χ1v) is 8.62. The Hall–Kier alpha value is -3.05. The summed E-state index contributed by atoms with van der Waals surface area (Å²) in [5, 5.41) is 3.07. The number of nitrogens with one attached hydrogen (secondary N) is 1. The predicted molar refractivity (Wildman–Crippen MR) is 106 cm³/mol. The van der Waals surface area contributed by atoms with Gasteiger partial charge in [0.15, 0.2) is 0 Å². The third-order valence-corrected chi connectivity index (χ3v) is 3.83. The van der Waals surface area contributed by atoms with Crippen LogP contribution in [-0.2, 0) is 14.3 Å². The maximum absolute atomic E-state index is 12.7. The fraction of sp³-hybridized carbons (Fsp3) is 0.143. The molecule has 0 saturated heterocycles. The van der Waals surface area contributed by atoms with Gasteiger partial charge in [-0.2, -0.15) is 0 Å². The summed E-state index contributed by atoms with van der Waals surface area (Å²) in [6.07, 6.45) is 5.17. The van der Waals surface area contributed by atoms with Crippen LogP contribution in [0.25, 0.3) is 0 Å². The van der Waals surface area contributed by atoms with Crippen molar-refractivity contribution in [1.82, 2.24) is 0 Å². The molecule has 0 unspecified atom stereocenters. The highest BCUT2D eigenvalue weighted by Gasteiger charge is 2.24. The van der Waals surface area contributed by atoms with Crippen LogP contribution in [0.3, 0.4) is 0 Å². The smallest absolute Gasteiger partial charge is 0.331 e. The Morgan fingerprint density at radius 1 is 1.11 bits per heavy atom. The van der Waals surface area contributed by atoms with Gasteiger partial charge in [0, 0.05) is 17.3 Å². The van der Waals surface area contributed by atoms with Crippen molar-refractivity contribution >= 4 is 29.2 Å². The molecule has 27 heavy (non-hydrogen) atoms. The molecule has 0 heterocycles. The summed E-state index contributed by atoms with van der Waals surface area (Å²) >= 11 is 6.09. The van der Waals surface area contributed by atoms with E-state index in [1.54, 1.807) is 60.7 Å². The number of allylic oxidation sites excluding steroid dienone is 3.